The highest BCUT2D eigenvalue weighted by Gasteiger charge is 2.21. The summed E-state index contributed by atoms with van der Waals surface area (Å²) in [5.41, 5.74) is 2.68. The molecule has 2 nitrogen and oxygen atoms in total. The Bertz CT molecular complexity index is 446. The summed E-state index contributed by atoms with van der Waals surface area (Å²) in [5.74, 6) is 0.181. The predicted molar refractivity (Wildman–Crippen MR) is 68.5 cm³/mol. The second-order valence-electron chi connectivity index (χ2n) is 4.55. The molecule has 1 aromatic rings. The van der Waals surface area contributed by atoms with Gasteiger partial charge >= 0.3 is 0 Å². The van der Waals surface area contributed by atoms with Crippen LogP contribution in [0.1, 0.15) is 49.8 Å². The van der Waals surface area contributed by atoms with Gasteiger partial charge in [0.05, 0.1) is 6.10 Å². The molecule has 0 saturated heterocycles. The average Bonchev–Trinajstić information content (AvgIpc) is 2.36. The molecule has 2 rings (SSSR count). The monoisotopic (exact) mass is 230 g/mol. The molecule has 0 spiro atoms. The number of carbonyl (C=O) groups is 1. The molecule has 1 aliphatic rings. The Balaban J connectivity index is 2.22. The summed E-state index contributed by atoms with van der Waals surface area (Å²) in [6.45, 7) is 2.08. The second kappa shape index (κ2) is 5.28. The number of aliphatic hydroxyl groups excluding tert-OH is 1. The van der Waals surface area contributed by atoms with Crippen molar-refractivity contribution in [3.8, 4) is 0 Å². The van der Waals surface area contributed by atoms with E-state index in [1.54, 1.807) is 0 Å². The molecule has 1 N–H and O–H groups in total. The van der Waals surface area contributed by atoms with Crippen LogP contribution in [0.3, 0.4) is 0 Å². The van der Waals surface area contributed by atoms with Crippen LogP contribution < -0.4 is 0 Å². The zero-order chi connectivity index (χ0) is 12.3. The molecule has 0 heterocycles. The maximum absolute atomic E-state index is 11.9. The molecule has 17 heavy (non-hydrogen) atoms. The maximum atomic E-state index is 11.9. The van der Waals surface area contributed by atoms with Gasteiger partial charge in [0.2, 0.25) is 0 Å². The molecular weight excluding hydrogens is 212 g/mol. The lowest BCUT2D eigenvalue weighted by Crippen LogP contribution is -2.12. The van der Waals surface area contributed by atoms with Crippen LogP contribution in [-0.2, 0) is 4.79 Å². The zero-order valence-electron chi connectivity index (χ0n) is 10.1. The number of unbranched alkanes of at least 4 members (excludes halogenated alkanes) is 1. The molecule has 1 atom stereocenters. The summed E-state index contributed by atoms with van der Waals surface area (Å²) in [6, 6.07) is 7.72. The van der Waals surface area contributed by atoms with Gasteiger partial charge in [0.15, 0.2) is 5.78 Å². The van der Waals surface area contributed by atoms with Crippen molar-refractivity contribution in [1.29, 1.82) is 0 Å². The number of carbonyl (C=O) groups excluding carboxylic acids is 1. The van der Waals surface area contributed by atoms with Gasteiger partial charge in [-0.3, -0.25) is 4.79 Å². The molecule has 0 aliphatic heterocycles. The first-order chi connectivity index (χ1) is 8.22. The standard InChI is InChI=1S/C15H18O2/c1-2-3-8-14(16)12-9-11-6-4-5-7-13(11)15(17)10-12/h4-7,9,15,17H,2-3,8,10H2,1H3. The largest absolute Gasteiger partial charge is 0.388 e. The van der Waals surface area contributed by atoms with Crippen LogP contribution in [0.4, 0.5) is 0 Å². The number of ketones is 1. The third-order valence-electron chi connectivity index (χ3n) is 3.21. The first-order valence-corrected chi connectivity index (χ1v) is 6.23. The van der Waals surface area contributed by atoms with Crippen molar-refractivity contribution in [2.45, 2.75) is 38.7 Å². The Hall–Kier alpha value is -1.41. The molecule has 0 aromatic heterocycles. The molecule has 90 valence electrons. The van der Waals surface area contributed by atoms with Gasteiger partial charge in [-0.05, 0) is 29.2 Å². The Morgan fingerprint density at radius 1 is 1.41 bits per heavy atom. The van der Waals surface area contributed by atoms with Crippen LogP contribution in [0, 0.1) is 0 Å². The summed E-state index contributed by atoms with van der Waals surface area (Å²) in [5, 5.41) is 10.0. The fourth-order valence-corrected chi connectivity index (χ4v) is 2.20. The number of fused-ring (bicyclic) bond motifs is 1. The first-order valence-electron chi connectivity index (χ1n) is 6.23. The maximum Gasteiger partial charge on any atom is 0.158 e. The van der Waals surface area contributed by atoms with E-state index in [4.69, 9.17) is 0 Å². The number of hydrogen-bond donors (Lipinski definition) is 1. The fraction of sp³-hybridized carbons (Fsp3) is 0.400. The number of rotatable bonds is 4. The summed E-state index contributed by atoms with van der Waals surface area (Å²) >= 11 is 0. The summed E-state index contributed by atoms with van der Waals surface area (Å²) < 4.78 is 0. The number of hydrogen-bond acceptors (Lipinski definition) is 2. The Labute approximate surface area is 102 Å². The topological polar surface area (TPSA) is 37.3 Å². The van der Waals surface area contributed by atoms with Gasteiger partial charge in [0, 0.05) is 12.8 Å². The van der Waals surface area contributed by atoms with Crippen LogP contribution in [0.25, 0.3) is 6.08 Å². The van der Waals surface area contributed by atoms with Crippen LogP contribution in [0.15, 0.2) is 29.8 Å². The normalized spacial score (nSPS) is 18.5. The van der Waals surface area contributed by atoms with Crippen molar-refractivity contribution in [2.24, 2.45) is 0 Å². The highest BCUT2D eigenvalue weighted by molar-refractivity contribution is 6.00. The summed E-state index contributed by atoms with van der Waals surface area (Å²) in [4.78, 5) is 11.9. The number of benzene rings is 1. The second-order valence-corrected chi connectivity index (χ2v) is 4.55. The van der Waals surface area contributed by atoms with Gasteiger partial charge in [-0.2, -0.15) is 0 Å². The van der Waals surface area contributed by atoms with E-state index in [1.165, 1.54) is 0 Å². The van der Waals surface area contributed by atoms with Crippen LogP contribution >= 0.6 is 0 Å². The highest BCUT2D eigenvalue weighted by Crippen LogP contribution is 2.32. The van der Waals surface area contributed by atoms with Crippen LogP contribution in [0.5, 0.6) is 0 Å². The Kier molecular flexibility index (Phi) is 3.75. The lowest BCUT2D eigenvalue weighted by molar-refractivity contribution is -0.116. The summed E-state index contributed by atoms with van der Waals surface area (Å²) in [6.07, 6.45) is 4.40. The minimum absolute atomic E-state index is 0.181. The Morgan fingerprint density at radius 2 is 2.18 bits per heavy atom. The van der Waals surface area contributed by atoms with Crippen molar-refractivity contribution >= 4 is 11.9 Å². The molecule has 0 bridgehead atoms. The zero-order valence-corrected chi connectivity index (χ0v) is 10.1. The van der Waals surface area contributed by atoms with Crippen molar-refractivity contribution in [1.82, 2.24) is 0 Å². The van der Waals surface area contributed by atoms with E-state index in [0.717, 1.165) is 29.5 Å². The Morgan fingerprint density at radius 3 is 2.94 bits per heavy atom. The van der Waals surface area contributed by atoms with E-state index in [1.807, 2.05) is 30.3 Å². The molecular formula is C15H18O2. The van der Waals surface area contributed by atoms with Crippen molar-refractivity contribution in [2.75, 3.05) is 0 Å². The van der Waals surface area contributed by atoms with E-state index >= 15 is 0 Å². The van der Waals surface area contributed by atoms with Gasteiger partial charge < -0.3 is 5.11 Å². The molecule has 1 aromatic carbocycles. The molecule has 0 fully saturated rings. The predicted octanol–water partition coefficient (Wildman–Crippen LogP) is 3.27. The van der Waals surface area contributed by atoms with Gasteiger partial charge in [-0.15, -0.1) is 0 Å². The number of Topliss-reactive ketones (excluding diaryl/α,β-unsaturated/α-hetero) is 1. The average molecular weight is 230 g/mol. The molecule has 0 saturated carbocycles. The van der Waals surface area contributed by atoms with Gasteiger partial charge in [0.1, 0.15) is 0 Å². The lowest BCUT2D eigenvalue weighted by Gasteiger charge is -2.21. The SMILES string of the molecule is CCCCC(=O)C1=Cc2ccccc2C(O)C1. The number of aliphatic hydroxyl groups is 1. The van der Waals surface area contributed by atoms with E-state index in [0.29, 0.717) is 12.8 Å². The smallest absolute Gasteiger partial charge is 0.158 e. The fourth-order valence-electron chi connectivity index (χ4n) is 2.20. The highest BCUT2D eigenvalue weighted by atomic mass is 16.3. The third kappa shape index (κ3) is 2.64. The van der Waals surface area contributed by atoms with Gasteiger partial charge in [0.25, 0.3) is 0 Å². The quantitative estimate of drug-likeness (QED) is 0.862. The molecule has 0 amide bonds. The molecule has 1 unspecified atom stereocenters. The van der Waals surface area contributed by atoms with E-state index in [2.05, 4.69) is 6.92 Å². The molecule has 2 heteroatoms. The van der Waals surface area contributed by atoms with Gasteiger partial charge in [-0.1, -0.05) is 37.6 Å². The summed E-state index contributed by atoms with van der Waals surface area (Å²) in [7, 11) is 0. The van der Waals surface area contributed by atoms with Gasteiger partial charge in [-0.25, -0.2) is 0 Å². The van der Waals surface area contributed by atoms with Crippen molar-refractivity contribution in [3.05, 3.63) is 41.0 Å². The van der Waals surface area contributed by atoms with E-state index < -0.39 is 6.10 Å². The molecule has 1 aliphatic carbocycles. The van der Waals surface area contributed by atoms with Crippen LogP contribution in [0.2, 0.25) is 0 Å². The molecule has 0 radical (unpaired) electrons. The van der Waals surface area contributed by atoms with E-state index in [9.17, 15) is 9.90 Å². The third-order valence-corrected chi connectivity index (χ3v) is 3.21. The van der Waals surface area contributed by atoms with Crippen molar-refractivity contribution < 1.29 is 9.90 Å². The first kappa shape index (κ1) is 12.1. The minimum atomic E-state index is -0.531. The van der Waals surface area contributed by atoms with Crippen LogP contribution in [-0.4, -0.2) is 10.9 Å². The van der Waals surface area contributed by atoms with E-state index in [-0.39, 0.29) is 5.78 Å². The van der Waals surface area contributed by atoms with Crippen molar-refractivity contribution in [3.63, 3.8) is 0 Å². The minimum Gasteiger partial charge on any atom is -0.388 e. The lowest BCUT2D eigenvalue weighted by atomic mass is 9.87.